The number of rotatable bonds is 0. The van der Waals surface area contributed by atoms with E-state index in [1.165, 1.54) is 26.9 Å². The molecule has 0 aromatic heterocycles. The summed E-state index contributed by atoms with van der Waals surface area (Å²) in [5, 5.41) is 7.96. The van der Waals surface area contributed by atoms with Crippen LogP contribution in [0, 0.1) is 0 Å². The van der Waals surface area contributed by atoms with Gasteiger partial charge in [-0.15, -0.1) is 0 Å². The lowest BCUT2D eigenvalue weighted by atomic mass is 9.94. The van der Waals surface area contributed by atoms with Gasteiger partial charge >= 0.3 is 0 Å². The Morgan fingerprint density at radius 1 is 0.722 bits per heavy atom. The molecule has 0 saturated heterocycles. The number of benzene rings is 4. The van der Waals surface area contributed by atoms with Crippen LogP contribution in [0.4, 0.5) is 5.69 Å². The molecule has 4 aromatic carbocycles. The summed E-state index contributed by atoms with van der Waals surface area (Å²) in [4.78, 5) is 0. The predicted octanol–water partition coefficient (Wildman–Crippen LogP) is 4.82. The van der Waals surface area contributed by atoms with E-state index in [1.807, 2.05) is 18.2 Å². The van der Waals surface area contributed by atoms with Gasteiger partial charge in [-0.2, -0.15) is 0 Å². The first kappa shape index (κ1) is 9.98. The monoisotopic (exact) mass is 251 g/mol. The van der Waals surface area contributed by atoms with Crippen molar-refractivity contribution in [2.24, 2.45) is 0 Å². The summed E-state index contributed by atoms with van der Waals surface area (Å²) in [5.74, 6) is 0. The molecule has 86 valence electrons. The van der Waals surface area contributed by atoms with E-state index in [2.05, 4.69) is 30.3 Å². The van der Waals surface area contributed by atoms with Gasteiger partial charge in [-0.05, 0) is 45.1 Å². The van der Waals surface area contributed by atoms with E-state index >= 15 is 0 Å². The Morgan fingerprint density at radius 2 is 1.33 bits per heavy atom. The molecule has 18 heavy (non-hydrogen) atoms. The number of anilines is 1. The Morgan fingerprint density at radius 3 is 2.11 bits per heavy atom. The molecule has 0 radical (unpaired) electrons. The van der Waals surface area contributed by atoms with Crippen molar-refractivity contribution >= 4 is 49.6 Å². The second kappa shape index (κ2) is 3.27. The Balaban J connectivity index is 2.44. The van der Waals surface area contributed by atoms with E-state index in [1.54, 1.807) is 0 Å². The van der Waals surface area contributed by atoms with Crippen LogP contribution in [0.3, 0.4) is 0 Å². The second-order valence-corrected chi connectivity index (χ2v) is 5.07. The van der Waals surface area contributed by atoms with Crippen LogP contribution in [0.25, 0.3) is 32.3 Å². The van der Waals surface area contributed by atoms with Crippen molar-refractivity contribution in [1.29, 1.82) is 0 Å². The highest BCUT2D eigenvalue weighted by Gasteiger charge is 2.10. The van der Waals surface area contributed by atoms with Gasteiger partial charge in [0.2, 0.25) is 0 Å². The zero-order valence-electron chi connectivity index (χ0n) is 9.57. The van der Waals surface area contributed by atoms with Crippen molar-refractivity contribution in [1.82, 2.24) is 0 Å². The maximum Gasteiger partial charge on any atom is 0.0485 e. The lowest BCUT2D eigenvalue weighted by molar-refractivity contribution is 1.76. The van der Waals surface area contributed by atoms with Crippen LogP contribution in [0.2, 0.25) is 5.02 Å². The molecule has 2 heteroatoms. The minimum absolute atomic E-state index is 0.798. The minimum Gasteiger partial charge on any atom is -0.399 e. The smallest absolute Gasteiger partial charge is 0.0485 e. The molecule has 0 aliphatic rings. The summed E-state index contributed by atoms with van der Waals surface area (Å²) in [5.41, 5.74) is 6.73. The van der Waals surface area contributed by atoms with Crippen LogP contribution >= 0.6 is 11.6 Å². The Kier molecular flexibility index (Phi) is 1.81. The highest BCUT2D eigenvalue weighted by molar-refractivity contribution is 6.38. The first-order valence-corrected chi connectivity index (χ1v) is 6.24. The highest BCUT2D eigenvalue weighted by Crippen LogP contribution is 2.38. The van der Waals surface area contributed by atoms with E-state index in [0.717, 1.165) is 16.1 Å². The highest BCUT2D eigenvalue weighted by atomic mass is 35.5. The number of hydrogen-bond donors (Lipinski definition) is 1. The molecular formula is C16H10ClN. The van der Waals surface area contributed by atoms with Crippen molar-refractivity contribution in [3.63, 3.8) is 0 Å². The average Bonchev–Trinajstić information content (AvgIpc) is 2.37. The van der Waals surface area contributed by atoms with Gasteiger partial charge in [0.05, 0.1) is 0 Å². The Bertz CT molecular complexity index is 877. The van der Waals surface area contributed by atoms with Gasteiger partial charge in [0.25, 0.3) is 0 Å². The maximum atomic E-state index is 6.29. The molecule has 0 spiro atoms. The normalized spacial score (nSPS) is 11.8. The predicted molar refractivity (Wildman–Crippen MR) is 79.6 cm³/mol. The summed E-state index contributed by atoms with van der Waals surface area (Å²) < 4.78 is 0. The van der Waals surface area contributed by atoms with Gasteiger partial charge in [-0.1, -0.05) is 41.9 Å². The molecule has 0 unspecified atom stereocenters. The molecule has 0 heterocycles. The first-order chi connectivity index (χ1) is 8.74. The molecule has 0 fully saturated rings. The molecule has 0 saturated carbocycles. The molecule has 4 aromatic rings. The number of nitrogen functional groups attached to an aromatic ring is 1. The third-order valence-electron chi connectivity index (χ3n) is 3.57. The maximum absolute atomic E-state index is 6.29. The van der Waals surface area contributed by atoms with Gasteiger partial charge < -0.3 is 5.73 Å². The van der Waals surface area contributed by atoms with Crippen LogP contribution in [0.1, 0.15) is 0 Å². The third-order valence-corrected chi connectivity index (χ3v) is 3.90. The fourth-order valence-electron chi connectivity index (χ4n) is 2.81. The lowest BCUT2D eigenvalue weighted by Crippen LogP contribution is -1.88. The third kappa shape index (κ3) is 1.17. The molecule has 0 amide bonds. The molecular weight excluding hydrogens is 242 g/mol. The molecule has 2 N–H and O–H groups in total. The molecule has 0 aliphatic carbocycles. The van der Waals surface area contributed by atoms with Crippen molar-refractivity contribution in [2.75, 3.05) is 5.73 Å². The largest absolute Gasteiger partial charge is 0.399 e. The average molecular weight is 252 g/mol. The Hall–Kier alpha value is -1.99. The van der Waals surface area contributed by atoms with Gasteiger partial charge in [0.15, 0.2) is 0 Å². The van der Waals surface area contributed by atoms with E-state index in [0.29, 0.717) is 0 Å². The molecule has 1 nitrogen and oxygen atoms in total. The van der Waals surface area contributed by atoms with Crippen molar-refractivity contribution < 1.29 is 0 Å². The number of nitrogens with two attached hydrogens (primary N) is 1. The fourth-order valence-corrected chi connectivity index (χ4v) is 3.03. The molecule has 0 aliphatic heterocycles. The van der Waals surface area contributed by atoms with E-state index in [-0.39, 0.29) is 0 Å². The molecule has 4 rings (SSSR count). The summed E-state index contributed by atoms with van der Waals surface area (Å²) >= 11 is 6.29. The summed E-state index contributed by atoms with van der Waals surface area (Å²) in [6, 6.07) is 16.5. The quantitative estimate of drug-likeness (QED) is 0.352. The number of halogens is 1. The zero-order chi connectivity index (χ0) is 12.3. The zero-order valence-corrected chi connectivity index (χ0v) is 10.3. The van der Waals surface area contributed by atoms with Crippen LogP contribution < -0.4 is 5.73 Å². The topological polar surface area (TPSA) is 26.0 Å². The van der Waals surface area contributed by atoms with E-state index in [4.69, 9.17) is 17.3 Å². The first-order valence-electron chi connectivity index (χ1n) is 5.86. The SMILES string of the molecule is Nc1cc2ccc3ccc(Cl)c4ccc(c1)c2c34. The second-order valence-electron chi connectivity index (χ2n) is 4.67. The van der Waals surface area contributed by atoms with Crippen LogP contribution in [-0.2, 0) is 0 Å². The number of hydrogen-bond acceptors (Lipinski definition) is 1. The van der Waals surface area contributed by atoms with Crippen molar-refractivity contribution in [3.8, 4) is 0 Å². The van der Waals surface area contributed by atoms with Gasteiger partial charge in [0.1, 0.15) is 0 Å². The summed E-state index contributed by atoms with van der Waals surface area (Å²) in [6.07, 6.45) is 0. The van der Waals surface area contributed by atoms with Gasteiger partial charge in [-0.25, -0.2) is 0 Å². The van der Waals surface area contributed by atoms with Gasteiger partial charge in [0, 0.05) is 16.1 Å². The van der Waals surface area contributed by atoms with Crippen LogP contribution in [-0.4, -0.2) is 0 Å². The summed E-state index contributed by atoms with van der Waals surface area (Å²) in [6.45, 7) is 0. The van der Waals surface area contributed by atoms with Crippen LogP contribution in [0.15, 0.2) is 48.5 Å². The summed E-state index contributed by atoms with van der Waals surface area (Å²) in [7, 11) is 0. The standard InChI is InChI=1S/C16H10ClN/c17-14-6-4-9-1-2-10-7-12(18)8-11-3-5-13(14)16(9)15(10)11/h1-8H,18H2. The Labute approximate surface area is 109 Å². The van der Waals surface area contributed by atoms with Crippen molar-refractivity contribution in [2.45, 2.75) is 0 Å². The van der Waals surface area contributed by atoms with Crippen molar-refractivity contribution in [3.05, 3.63) is 53.6 Å². The van der Waals surface area contributed by atoms with E-state index < -0.39 is 0 Å². The fraction of sp³-hybridized carbons (Fsp3) is 0. The van der Waals surface area contributed by atoms with Crippen LogP contribution in [0.5, 0.6) is 0 Å². The van der Waals surface area contributed by atoms with Gasteiger partial charge in [-0.3, -0.25) is 0 Å². The lowest BCUT2D eigenvalue weighted by Gasteiger charge is -2.12. The van der Waals surface area contributed by atoms with E-state index in [9.17, 15) is 0 Å². The minimum atomic E-state index is 0.798. The molecule has 0 atom stereocenters. The molecule has 0 bridgehead atoms.